The highest BCUT2D eigenvalue weighted by molar-refractivity contribution is 9.10. The monoisotopic (exact) mass is 472 g/mol. The highest BCUT2D eigenvalue weighted by Crippen LogP contribution is 2.28. The second-order valence-corrected chi connectivity index (χ2v) is 8.85. The van der Waals surface area contributed by atoms with Crippen LogP contribution in [0.3, 0.4) is 0 Å². The topological polar surface area (TPSA) is 58.6 Å². The highest BCUT2D eigenvalue weighted by atomic mass is 79.9. The number of ether oxygens (including phenoxy) is 1. The molecule has 0 spiro atoms. The van der Waals surface area contributed by atoms with Crippen molar-refractivity contribution < 1.29 is 14.3 Å². The van der Waals surface area contributed by atoms with Gasteiger partial charge in [0.25, 0.3) is 11.8 Å². The Kier molecular flexibility index (Phi) is 7.53. The molecule has 0 bridgehead atoms. The predicted octanol–water partition coefficient (Wildman–Crippen LogP) is 5.17. The molecule has 1 fully saturated rings. The lowest BCUT2D eigenvalue weighted by Crippen LogP contribution is -2.38. The number of carbonyl (C=O) groups excluding carboxylic acids is 2. The van der Waals surface area contributed by atoms with Crippen molar-refractivity contribution in [1.29, 1.82) is 0 Å². The lowest BCUT2D eigenvalue weighted by Gasteiger charge is -2.25. The third-order valence-corrected chi connectivity index (χ3v) is 6.05. The van der Waals surface area contributed by atoms with Gasteiger partial charge in [0.1, 0.15) is 5.75 Å². The summed E-state index contributed by atoms with van der Waals surface area (Å²) < 4.78 is 6.81. The van der Waals surface area contributed by atoms with Crippen LogP contribution in [-0.4, -0.2) is 31.5 Å². The van der Waals surface area contributed by atoms with Crippen molar-refractivity contribution in [2.24, 2.45) is 0 Å². The van der Waals surface area contributed by atoms with Gasteiger partial charge >= 0.3 is 0 Å². The molecule has 160 valence electrons. The molecule has 0 atom stereocenters. The van der Waals surface area contributed by atoms with Crippen LogP contribution in [0, 0.1) is 13.8 Å². The Morgan fingerprint density at radius 2 is 1.73 bits per heavy atom. The molecular formula is C24H29BrN2O3. The second kappa shape index (κ2) is 10.1. The van der Waals surface area contributed by atoms with E-state index in [1.165, 1.54) is 11.3 Å². The molecular weight excluding hydrogens is 444 g/mol. The standard InChI is InChI=1S/C24H29BrN2O3/c1-16-13-18(25)14-17(2)23(16)30-15-22(28)27(3)21-12-8-7-11-20(21)24(29)26-19-9-5-4-6-10-19/h7-8,11-14,19H,4-6,9-10,15H2,1-3H3,(H,26,29). The van der Waals surface area contributed by atoms with Gasteiger partial charge in [0.05, 0.1) is 11.3 Å². The first-order valence-corrected chi connectivity index (χ1v) is 11.2. The van der Waals surface area contributed by atoms with Crippen LogP contribution in [0.2, 0.25) is 0 Å². The number of hydrogen-bond donors (Lipinski definition) is 1. The van der Waals surface area contributed by atoms with Crippen LogP contribution in [0.25, 0.3) is 0 Å². The summed E-state index contributed by atoms with van der Waals surface area (Å²) in [7, 11) is 1.68. The van der Waals surface area contributed by atoms with E-state index in [9.17, 15) is 9.59 Å². The Balaban J connectivity index is 1.69. The molecule has 30 heavy (non-hydrogen) atoms. The smallest absolute Gasteiger partial charge is 0.264 e. The zero-order valence-electron chi connectivity index (χ0n) is 17.8. The Bertz CT molecular complexity index is 899. The maximum Gasteiger partial charge on any atom is 0.264 e. The number of nitrogens with one attached hydrogen (secondary N) is 1. The van der Waals surface area contributed by atoms with E-state index in [4.69, 9.17) is 4.74 Å². The van der Waals surface area contributed by atoms with Gasteiger partial charge in [0.2, 0.25) is 0 Å². The fourth-order valence-electron chi connectivity index (χ4n) is 3.96. The van der Waals surface area contributed by atoms with Crippen molar-refractivity contribution in [2.75, 3.05) is 18.6 Å². The molecule has 5 nitrogen and oxygen atoms in total. The van der Waals surface area contributed by atoms with Crippen LogP contribution >= 0.6 is 15.9 Å². The lowest BCUT2D eigenvalue weighted by molar-refractivity contribution is -0.120. The number of anilines is 1. The van der Waals surface area contributed by atoms with Gasteiger partial charge in [-0.25, -0.2) is 0 Å². The molecule has 6 heteroatoms. The lowest BCUT2D eigenvalue weighted by atomic mass is 9.95. The zero-order valence-corrected chi connectivity index (χ0v) is 19.4. The van der Waals surface area contributed by atoms with Crippen molar-refractivity contribution in [3.05, 3.63) is 57.6 Å². The summed E-state index contributed by atoms with van der Waals surface area (Å²) in [6, 6.07) is 11.4. The Labute approximate surface area is 186 Å². The molecule has 0 saturated heterocycles. The van der Waals surface area contributed by atoms with E-state index in [0.717, 1.165) is 41.3 Å². The third-order valence-electron chi connectivity index (χ3n) is 5.59. The van der Waals surface area contributed by atoms with E-state index in [1.54, 1.807) is 19.2 Å². The van der Waals surface area contributed by atoms with Crippen molar-refractivity contribution in [3.8, 4) is 5.75 Å². The van der Waals surface area contributed by atoms with E-state index in [2.05, 4.69) is 21.2 Å². The number of halogens is 1. The first kappa shape index (κ1) is 22.3. The minimum atomic E-state index is -0.213. The van der Waals surface area contributed by atoms with Gasteiger partial charge < -0.3 is 15.0 Å². The van der Waals surface area contributed by atoms with Gasteiger partial charge in [0.15, 0.2) is 6.61 Å². The number of nitrogens with zero attached hydrogens (tertiary/aromatic N) is 1. The third kappa shape index (κ3) is 5.42. The number of hydrogen-bond acceptors (Lipinski definition) is 3. The van der Waals surface area contributed by atoms with Crippen LogP contribution in [0.5, 0.6) is 5.75 Å². The van der Waals surface area contributed by atoms with Gasteiger partial charge in [-0.3, -0.25) is 9.59 Å². The molecule has 1 saturated carbocycles. The van der Waals surface area contributed by atoms with Crippen molar-refractivity contribution in [1.82, 2.24) is 5.32 Å². The van der Waals surface area contributed by atoms with E-state index < -0.39 is 0 Å². The second-order valence-electron chi connectivity index (χ2n) is 7.94. The minimum Gasteiger partial charge on any atom is -0.483 e. The van der Waals surface area contributed by atoms with Crippen LogP contribution in [0.1, 0.15) is 53.6 Å². The fraction of sp³-hybridized carbons (Fsp3) is 0.417. The fourth-order valence-corrected chi connectivity index (χ4v) is 4.65. The average molecular weight is 473 g/mol. The molecule has 0 aliphatic heterocycles. The molecule has 1 N–H and O–H groups in total. The molecule has 2 amide bonds. The SMILES string of the molecule is Cc1cc(Br)cc(C)c1OCC(=O)N(C)c1ccccc1C(=O)NC1CCCCC1. The van der Waals surface area contributed by atoms with Crippen molar-refractivity contribution in [2.45, 2.75) is 52.0 Å². The van der Waals surface area contributed by atoms with Crippen LogP contribution in [0.15, 0.2) is 40.9 Å². The number of amides is 2. The van der Waals surface area contributed by atoms with Gasteiger partial charge in [-0.1, -0.05) is 47.3 Å². The number of likely N-dealkylation sites (N-methyl/N-ethyl adjacent to an activating group) is 1. The summed E-state index contributed by atoms with van der Waals surface area (Å²) in [5.41, 5.74) is 3.02. The highest BCUT2D eigenvalue weighted by Gasteiger charge is 2.22. The number of carbonyl (C=O) groups is 2. The number of para-hydroxylation sites is 1. The predicted molar refractivity (Wildman–Crippen MR) is 123 cm³/mol. The molecule has 1 aliphatic carbocycles. The van der Waals surface area contributed by atoms with Gasteiger partial charge in [0, 0.05) is 17.6 Å². The van der Waals surface area contributed by atoms with Crippen molar-refractivity contribution >= 4 is 33.4 Å². The van der Waals surface area contributed by atoms with Crippen molar-refractivity contribution in [3.63, 3.8) is 0 Å². The van der Waals surface area contributed by atoms with Gasteiger partial charge in [-0.05, 0) is 62.1 Å². The molecule has 2 aromatic carbocycles. The van der Waals surface area contributed by atoms with Crippen LogP contribution in [0.4, 0.5) is 5.69 Å². The summed E-state index contributed by atoms with van der Waals surface area (Å²) in [4.78, 5) is 27.2. The van der Waals surface area contributed by atoms with E-state index in [1.807, 2.05) is 38.1 Å². The summed E-state index contributed by atoms with van der Waals surface area (Å²) in [5.74, 6) is 0.371. The Hall–Kier alpha value is -2.34. The first-order chi connectivity index (χ1) is 14.4. The molecule has 0 aromatic heterocycles. The molecule has 0 unspecified atom stereocenters. The Morgan fingerprint density at radius 3 is 2.40 bits per heavy atom. The minimum absolute atomic E-state index is 0.0988. The molecule has 0 heterocycles. The number of aryl methyl sites for hydroxylation is 2. The molecule has 1 aliphatic rings. The summed E-state index contributed by atoms with van der Waals surface area (Å²) in [5, 5.41) is 3.13. The normalized spacial score (nSPS) is 14.3. The zero-order chi connectivity index (χ0) is 21.7. The van der Waals surface area contributed by atoms with Gasteiger partial charge in [-0.2, -0.15) is 0 Å². The van der Waals surface area contributed by atoms with E-state index in [-0.39, 0.29) is 24.5 Å². The summed E-state index contributed by atoms with van der Waals surface area (Å²) in [6.07, 6.45) is 5.57. The Morgan fingerprint density at radius 1 is 1.10 bits per heavy atom. The number of benzene rings is 2. The molecule has 0 radical (unpaired) electrons. The largest absolute Gasteiger partial charge is 0.483 e. The average Bonchev–Trinajstić information content (AvgIpc) is 2.73. The van der Waals surface area contributed by atoms with Crippen LogP contribution in [-0.2, 0) is 4.79 Å². The maximum absolute atomic E-state index is 12.9. The summed E-state index contributed by atoms with van der Waals surface area (Å²) in [6.45, 7) is 3.80. The quantitative estimate of drug-likeness (QED) is 0.630. The first-order valence-electron chi connectivity index (χ1n) is 10.4. The van der Waals surface area contributed by atoms with E-state index in [0.29, 0.717) is 17.0 Å². The number of rotatable bonds is 6. The summed E-state index contributed by atoms with van der Waals surface area (Å²) >= 11 is 3.47. The molecule has 2 aromatic rings. The van der Waals surface area contributed by atoms with E-state index >= 15 is 0 Å². The maximum atomic E-state index is 12.9. The molecule has 3 rings (SSSR count). The van der Waals surface area contributed by atoms with Gasteiger partial charge in [-0.15, -0.1) is 0 Å². The van der Waals surface area contributed by atoms with Crippen LogP contribution < -0.4 is 15.0 Å².